The van der Waals surface area contributed by atoms with Crippen molar-refractivity contribution in [2.75, 3.05) is 0 Å². The largest absolute Gasteiger partial charge is 0.480 e. The fraction of sp³-hybridized carbons (Fsp3) is 0.276. The highest BCUT2D eigenvalue weighted by atomic mass is 32.2. The Kier molecular flexibility index (Phi) is 6.14. The zero-order valence-corrected chi connectivity index (χ0v) is 21.0. The topological polar surface area (TPSA) is 74.0 Å². The van der Waals surface area contributed by atoms with E-state index in [9.17, 15) is 15.2 Å². The summed E-state index contributed by atoms with van der Waals surface area (Å²) in [6.45, 7) is 10.0. The van der Waals surface area contributed by atoms with Crippen molar-refractivity contribution in [2.24, 2.45) is 5.41 Å². The summed E-state index contributed by atoms with van der Waals surface area (Å²) in [5.74, 6) is -0.850. The molecule has 0 aliphatic rings. The van der Waals surface area contributed by atoms with Crippen LogP contribution in [-0.4, -0.2) is 20.8 Å². The molecule has 34 heavy (non-hydrogen) atoms. The van der Waals surface area contributed by atoms with Crippen LogP contribution in [0.3, 0.4) is 0 Å². The molecule has 0 saturated carbocycles. The summed E-state index contributed by atoms with van der Waals surface area (Å²) in [4.78, 5) is 17.0. The third-order valence-corrected chi connectivity index (χ3v) is 7.00. The van der Waals surface area contributed by atoms with Crippen LogP contribution in [0.25, 0.3) is 32.7 Å². The number of fused-ring (bicyclic) bond motifs is 2. The Morgan fingerprint density at radius 2 is 1.74 bits per heavy atom. The maximum absolute atomic E-state index is 11.7. The van der Waals surface area contributed by atoms with Gasteiger partial charge in [0.15, 0.2) is 0 Å². The van der Waals surface area contributed by atoms with E-state index in [1.165, 1.54) is 11.8 Å². The minimum atomic E-state index is -0.941. The molecular weight excluding hydrogens is 440 g/mol. The van der Waals surface area contributed by atoms with E-state index in [1.54, 1.807) is 13.8 Å². The number of carboxylic acid groups (broad SMARTS) is 1. The lowest BCUT2D eigenvalue weighted by Crippen LogP contribution is -2.26. The second-order valence-corrected chi connectivity index (χ2v) is 12.1. The second-order valence-electron chi connectivity index (χ2n) is 10.4. The molecule has 0 radical (unpaired) electrons. The smallest absolute Gasteiger partial charge is 0.319 e. The molecule has 0 bridgehead atoms. The number of hydrogen-bond acceptors (Lipinski definition) is 4. The molecule has 0 saturated heterocycles. The van der Waals surface area contributed by atoms with E-state index in [4.69, 9.17) is 0 Å². The van der Waals surface area contributed by atoms with Crippen molar-refractivity contribution in [3.8, 4) is 17.2 Å². The van der Waals surface area contributed by atoms with Crippen LogP contribution in [0, 0.1) is 16.7 Å². The van der Waals surface area contributed by atoms with Gasteiger partial charge in [-0.15, -0.1) is 11.8 Å². The molecule has 5 heteroatoms. The molecule has 4 rings (SSSR count). The maximum Gasteiger partial charge on any atom is 0.319 e. The fourth-order valence-electron chi connectivity index (χ4n) is 4.25. The van der Waals surface area contributed by atoms with Crippen LogP contribution in [0.1, 0.15) is 45.7 Å². The van der Waals surface area contributed by atoms with Crippen molar-refractivity contribution in [3.05, 3.63) is 72.1 Å². The summed E-state index contributed by atoms with van der Waals surface area (Å²) in [6, 6.07) is 18.6. The van der Waals surface area contributed by atoms with E-state index in [0.29, 0.717) is 5.56 Å². The van der Waals surface area contributed by atoms with E-state index in [-0.39, 0.29) is 5.41 Å². The molecule has 3 aromatic carbocycles. The molecule has 4 aromatic rings. The van der Waals surface area contributed by atoms with E-state index >= 15 is 0 Å². The molecule has 172 valence electrons. The summed E-state index contributed by atoms with van der Waals surface area (Å²) < 4.78 is -0.941. The normalized spacial score (nSPS) is 12.1. The number of thioether (sulfide) groups is 1. The van der Waals surface area contributed by atoms with Crippen molar-refractivity contribution in [2.45, 2.75) is 50.7 Å². The van der Waals surface area contributed by atoms with E-state index < -0.39 is 10.7 Å². The van der Waals surface area contributed by atoms with Gasteiger partial charge in [0.2, 0.25) is 0 Å². The summed E-state index contributed by atoms with van der Waals surface area (Å²) in [5, 5.41) is 23.4. The number of hydrogen-bond donors (Lipinski definition) is 1. The van der Waals surface area contributed by atoms with Crippen LogP contribution in [0.5, 0.6) is 0 Å². The number of nitriles is 1. The average Bonchev–Trinajstić information content (AvgIpc) is 2.76. The fourth-order valence-corrected chi connectivity index (χ4v) is 5.24. The quantitative estimate of drug-likeness (QED) is 0.308. The second kappa shape index (κ2) is 8.77. The van der Waals surface area contributed by atoms with Crippen molar-refractivity contribution >= 4 is 39.3 Å². The van der Waals surface area contributed by atoms with Gasteiger partial charge in [0.25, 0.3) is 0 Å². The molecule has 1 aromatic heterocycles. The van der Waals surface area contributed by atoms with Crippen molar-refractivity contribution in [1.29, 1.82) is 5.26 Å². The molecule has 0 aliphatic heterocycles. The van der Waals surface area contributed by atoms with Crippen LogP contribution in [0.4, 0.5) is 0 Å². The maximum atomic E-state index is 11.7. The zero-order valence-electron chi connectivity index (χ0n) is 20.1. The lowest BCUT2D eigenvalue weighted by atomic mass is 9.85. The standard InChI is InChI=1S/C29H28N2O2S/c1-28(2,3)14-18-11-20(15-30)22-7-6-8-23(25(22)12-18)26-17-31-16-19-9-10-21(13-24(19)26)34-29(4,5)27(32)33/h6-13,16-17H,14H2,1-5H3,(H,32,33). The van der Waals surface area contributed by atoms with Gasteiger partial charge in [0, 0.05) is 33.6 Å². The number of carboxylic acids is 1. The average molecular weight is 469 g/mol. The van der Waals surface area contributed by atoms with Crippen LogP contribution >= 0.6 is 11.8 Å². The van der Waals surface area contributed by atoms with Crippen LogP contribution in [0.15, 0.2) is 65.8 Å². The highest BCUT2D eigenvalue weighted by Crippen LogP contribution is 2.39. The third-order valence-electron chi connectivity index (χ3n) is 5.82. The van der Waals surface area contributed by atoms with Gasteiger partial charge < -0.3 is 5.11 Å². The molecule has 1 heterocycles. The van der Waals surface area contributed by atoms with Crippen LogP contribution in [0.2, 0.25) is 0 Å². The Morgan fingerprint density at radius 1 is 0.971 bits per heavy atom. The van der Waals surface area contributed by atoms with Gasteiger partial charge in [-0.2, -0.15) is 5.26 Å². The molecule has 0 atom stereocenters. The molecule has 0 fully saturated rings. The summed E-state index contributed by atoms with van der Waals surface area (Å²) in [5.41, 5.74) is 3.89. The Balaban J connectivity index is 1.95. The Labute approximate surface area is 204 Å². The monoisotopic (exact) mass is 468 g/mol. The van der Waals surface area contributed by atoms with Gasteiger partial charge in [-0.25, -0.2) is 0 Å². The lowest BCUT2D eigenvalue weighted by molar-refractivity contribution is -0.138. The molecule has 4 nitrogen and oxygen atoms in total. The molecule has 0 unspecified atom stereocenters. The lowest BCUT2D eigenvalue weighted by Gasteiger charge is -2.20. The first-order valence-electron chi connectivity index (χ1n) is 11.2. The first-order chi connectivity index (χ1) is 16.0. The van der Waals surface area contributed by atoms with Gasteiger partial charge in [-0.1, -0.05) is 51.1 Å². The first kappa shape index (κ1) is 23.8. The number of carbonyl (C=O) groups is 1. The molecule has 0 amide bonds. The molecular formula is C29H28N2O2S. The highest BCUT2D eigenvalue weighted by Gasteiger charge is 2.28. The van der Waals surface area contributed by atoms with Gasteiger partial charge in [-0.3, -0.25) is 9.78 Å². The van der Waals surface area contributed by atoms with Gasteiger partial charge in [-0.05, 0) is 65.8 Å². The van der Waals surface area contributed by atoms with Crippen molar-refractivity contribution in [1.82, 2.24) is 4.98 Å². The summed E-state index contributed by atoms with van der Waals surface area (Å²) >= 11 is 1.33. The van der Waals surface area contributed by atoms with Gasteiger partial charge in [0.1, 0.15) is 4.75 Å². The SMILES string of the molecule is CC(C)(C)Cc1cc(C#N)c2cccc(-c3cncc4ccc(SC(C)(C)C(=O)O)cc34)c2c1. The van der Waals surface area contributed by atoms with Crippen molar-refractivity contribution < 1.29 is 9.90 Å². The van der Waals surface area contributed by atoms with Crippen molar-refractivity contribution in [3.63, 3.8) is 0 Å². The Morgan fingerprint density at radius 3 is 2.41 bits per heavy atom. The van der Waals surface area contributed by atoms with E-state index in [0.717, 1.165) is 49.6 Å². The van der Waals surface area contributed by atoms with Crippen LogP contribution in [-0.2, 0) is 11.2 Å². The minimum absolute atomic E-state index is 0.0966. The predicted octanol–water partition coefficient (Wildman–Crippen LogP) is 7.47. The third kappa shape index (κ3) is 4.78. The minimum Gasteiger partial charge on any atom is -0.480 e. The summed E-state index contributed by atoms with van der Waals surface area (Å²) in [7, 11) is 0. The highest BCUT2D eigenvalue weighted by molar-refractivity contribution is 8.01. The predicted molar refractivity (Wildman–Crippen MR) is 140 cm³/mol. The number of aromatic nitrogens is 1. The number of benzene rings is 3. The zero-order chi connectivity index (χ0) is 24.7. The van der Waals surface area contributed by atoms with E-state index in [2.05, 4.69) is 44.0 Å². The Bertz CT molecular complexity index is 1460. The number of rotatable bonds is 5. The first-order valence-corrected chi connectivity index (χ1v) is 12.1. The van der Waals surface area contributed by atoms with Crippen LogP contribution < -0.4 is 0 Å². The number of pyridine rings is 1. The molecule has 1 N–H and O–H groups in total. The Hall–Kier alpha value is -3.36. The number of nitrogens with zero attached hydrogens (tertiary/aromatic N) is 2. The van der Waals surface area contributed by atoms with Gasteiger partial charge >= 0.3 is 5.97 Å². The molecule has 0 spiro atoms. The number of aliphatic carboxylic acids is 1. The summed E-state index contributed by atoms with van der Waals surface area (Å²) in [6.07, 6.45) is 4.55. The molecule has 0 aliphatic carbocycles. The van der Waals surface area contributed by atoms with Gasteiger partial charge in [0.05, 0.1) is 11.6 Å². The van der Waals surface area contributed by atoms with E-state index in [1.807, 2.05) is 48.8 Å².